The Labute approximate surface area is 545 Å². The maximum Gasteiger partial charge on any atom is 0.310 e. The minimum atomic E-state index is -0.209. The number of ether oxygens (including phenoxy) is 5. The quantitative estimate of drug-likeness (QED) is 0.137. The lowest BCUT2D eigenvalue weighted by Gasteiger charge is -2.52. The number of esters is 5. The van der Waals surface area contributed by atoms with Crippen LogP contribution in [0.1, 0.15) is 264 Å². The van der Waals surface area contributed by atoms with Gasteiger partial charge in [0.25, 0.3) is 0 Å². The van der Waals surface area contributed by atoms with Crippen molar-refractivity contribution in [2.45, 2.75) is 286 Å². The number of carbonyl (C=O) groups excluding carboxylic acids is 5. The van der Waals surface area contributed by atoms with E-state index < -0.39 is 0 Å². The van der Waals surface area contributed by atoms with Gasteiger partial charge in [-0.25, -0.2) is 0 Å². The van der Waals surface area contributed by atoms with Gasteiger partial charge >= 0.3 is 29.8 Å². The number of hydrogen-bond acceptors (Lipinski definition) is 10. The van der Waals surface area contributed by atoms with Crippen LogP contribution in [-0.2, 0) is 47.7 Å². The molecule has 5 saturated heterocycles. The van der Waals surface area contributed by atoms with E-state index in [4.69, 9.17) is 23.7 Å². The van der Waals surface area contributed by atoms with Gasteiger partial charge in [0.05, 0.1) is 36.2 Å². The molecule has 5 aliphatic heterocycles. The molecule has 506 valence electrons. The lowest BCUT2D eigenvalue weighted by molar-refractivity contribution is -0.153. The van der Waals surface area contributed by atoms with Crippen LogP contribution in [0.25, 0.3) is 0 Å². The number of fused-ring (bicyclic) bond motifs is 22. The Morgan fingerprint density at radius 1 is 0.311 bits per heavy atom. The van der Waals surface area contributed by atoms with Crippen LogP contribution in [0.15, 0.2) is 0 Å². The van der Waals surface area contributed by atoms with Crippen LogP contribution in [-0.4, -0.2) is 58.9 Å². The van der Waals surface area contributed by atoms with Crippen LogP contribution in [0, 0.1) is 178 Å². The van der Waals surface area contributed by atoms with Crippen LogP contribution in [0.4, 0.5) is 0 Å². The first kappa shape index (κ1) is 66.0. The smallest absolute Gasteiger partial charge is 0.310 e. The lowest BCUT2D eigenvalue weighted by Crippen LogP contribution is -2.55. The molecule has 10 heteroatoms. The van der Waals surface area contributed by atoms with Crippen LogP contribution in [0.5, 0.6) is 0 Å². The van der Waals surface area contributed by atoms with Crippen LogP contribution in [0.2, 0.25) is 0 Å². The van der Waals surface area contributed by atoms with Gasteiger partial charge in [0.2, 0.25) is 0 Å². The van der Waals surface area contributed by atoms with Gasteiger partial charge in [-0.05, 0) is 229 Å². The summed E-state index contributed by atoms with van der Waals surface area (Å²) in [5, 5.41) is 0. The van der Waals surface area contributed by atoms with Crippen molar-refractivity contribution < 1.29 is 47.7 Å². The normalized spacial score (nSPS) is 49.3. The minimum Gasteiger partial charge on any atom is -0.465 e. The second-order valence-corrected chi connectivity index (χ2v) is 34.6. The fraction of sp³-hybridized carbons (Fsp3) is 0.938. The zero-order valence-electron chi connectivity index (χ0n) is 59.0. The van der Waals surface area contributed by atoms with E-state index in [1.54, 1.807) is 0 Å². The highest BCUT2D eigenvalue weighted by Crippen LogP contribution is 2.74. The van der Waals surface area contributed by atoms with E-state index in [0.717, 1.165) is 134 Å². The second-order valence-electron chi connectivity index (χ2n) is 34.6. The van der Waals surface area contributed by atoms with Crippen molar-refractivity contribution in [2.75, 3.05) is 6.61 Å². The van der Waals surface area contributed by atoms with E-state index in [9.17, 15) is 24.0 Å². The van der Waals surface area contributed by atoms with Crippen molar-refractivity contribution in [2.24, 2.45) is 178 Å². The Morgan fingerprint density at radius 2 is 0.600 bits per heavy atom. The Hall–Kier alpha value is -2.65. The third-order valence-corrected chi connectivity index (χ3v) is 32.2. The molecule has 12 saturated carbocycles. The summed E-state index contributed by atoms with van der Waals surface area (Å²) in [5.41, 5.74) is -0.381. The highest BCUT2D eigenvalue weighted by Gasteiger charge is 2.76. The molecule has 0 bridgehead atoms. The summed E-state index contributed by atoms with van der Waals surface area (Å²) in [7, 11) is 0. The van der Waals surface area contributed by atoms with E-state index in [-0.39, 0.29) is 81.8 Å². The first-order chi connectivity index (χ1) is 43.3. The molecule has 90 heavy (non-hydrogen) atoms. The Morgan fingerprint density at radius 3 is 0.978 bits per heavy atom. The SMILES string of the molecule is CCC1CC(CC)C2C1C1C(=O)OC(C)(C)C12.CCC1CC(CC)C2C1C1C(=O)OC(CC)(CC)C12.CCC1CC(CC)C2C1C1C(=O)OC3(CCCC3)C12.CCC1CC(CC)C2C1C1C(=O)OC3(CCCCC3)C12.CCC1CC(CC)C2C3C(=O)OCC3C12. The third kappa shape index (κ3) is 9.61. The highest BCUT2D eigenvalue weighted by molar-refractivity contribution is 5.81. The maximum atomic E-state index is 12.5. The van der Waals surface area contributed by atoms with Crippen molar-refractivity contribution in [3.8, 4) is 0 Å². The molecule has 0 radical (unpaired) electrons. The van der Waals surface area contributed by atoms with E-state index in [1.807, 2.05) is 0 Å². The standard InChI is InChI=1S/C18H28O2.C17H26O2.C17H28O2.C15H24O2.C13H20O2/c1-3-11-10-12(4-2)14-13(11)15-16(14)18(20-17(15)19)8-6-5-7-9-18;1-3-10-9-11(4-2)13-12(10)14-15(13)17(19-16(14)18)7-5-6-8-17;1-5-10-9-11(6-2)13-12(10)14-15(13)17(7-3,8-4)19-16(14)18;1-5-8-7-9(6-2)11-10(8)12-13(11)15(3,4)17-14(12)16;1-3-7-5-8(4-2)11-10(7)9-6-15-13(14)12(9)11/h11-16H,3-10H2,1-2H3;10-15H,3-9H2,1-2H3;10-15H,5-9H2,1-4H3;8-13H,5-7H2,1-4H3;7-12H,3-6H2,1-2H3. The van der Waals surface area contributed by atoms with E-state index in [1.165, 1.54) is 128 Å². The molecule has 0 N–H and O–H groups in total. The average molecular weight is 1250 g/mol. The van der Waals surface area contributed by atoms with Gasteiger partial charge in [-0.3, -0.25) is 24.0 Å². The van der Waals surface area contributed by atoms with Crippen LogP contribution in [0.3, 0.4) is 0 Å². The van der Waals surface area contributed by atoms with Crippen molar-refractivity contribution in [1.82, 2.24) is 0 Å². The van der Waals surface area contributed by atoms with E-state index in [0.29, 0.717) is 59.2 Å². The number of cyclic esters (lactones) is 3. The van der Waals surface area contributed by atoms with Gasteiger partial charge < -0.3 is 23.7 Å². The molecule has 30 unspecified atom stereocenters. The van der Waals surface area contributed by atoms with Gasteiger partial charge in [0.1, 0.15) is 22.4 Å². The fourth-order valence-corrected chi connectivity index (χ4v) is 28.4. The Bertz CT molecular complexity index is 2570. The molecule has 0 aromatic heterocycles. The second kappa shape index (κ2) is 25.1. The Balaban J connectivity index is 0.000000104. The van der Waals surface area contributed by atoms with Crippen molar-refractivity contribution >= 4 is 29.8 Å². The molecule has 17 fully saturated rings. The summed E-state index contributed by atoms with van der Waals surface area (Å²) in [6.45, 7) is 32.4. The first-order valence-electron chi connectivity index (χ1n) is 39.4. The van der Waals surface area contributed by atoms with Gasteiger partial charge in [0, 0.05) is 29.6 Å². The summed E-state index contributed by atoms with van der Waals surface area (Å²) in [4.78, 5) is 60.8. The van der Waals surface area contributed by atoms with Crippen molar-refractivity contribution in [3.05, 3.63) is 0 Å². The van der Waals surface area contributed by atoms with Gasteiger partial charge in [-0.15, -0.1) is 0 Å². The van der Waals surface area contributed by atoms with Crippen molar-refractivity contribution in [3.63, 3.8) is 0 Å². The summed E-state index contributed by atoms with van der Waals surface area (Å²) in [5.74, 6) is 20.3. The molecule has 10 nitrogen and oxygen atoms in total. The molecule has 0 aromatic carbocycles. The first-order valence-corrected chi connectivity index (χ1v) is 39.4. The summed E-state index contributed by atoms with van der Waals surface area (Å²) < 4.78 is 28.8. The van der Waals surface area contributed by atoms with Crippen LogP contribution >= 0.6 is 0 Å². The molecule has 0 amide bonds. The van der Waals surface area contributed by atoms with Gasteiger partial charge in [0.15, 0.2) is 0 Å². The minimum absolute atomic E-state index is 0.0149. The van der Waals surface area contributed by atoms with E-state index in [2.05, 4.69) is 96.9 Å². The molecule has 17 rings (SSSR count). The lowest BCUT2D eigenvalue weighted by atomic mass is 9.49. The molecular formula is C80H126O10. The monoisotopic (exact) mass is 1250 g/mol. The molecule has 17 aliphatic rings. The zero-order valence-corrected chi connectivity index (χ0v) is 59.0. The number of rotatable bonds is 12. The molecule has 5 heterocycles. The molecular weight excluding hydrogens is 1120 g/mol. The molecule has 12 aliphatic carbocycles. The molecule has 30 atom stereocenters. The van der Waals surface area contributed by atoms with Crippen molar-refractivity contribution in [1.29, 1.82) is 0 Å². The largest absolute Gasteiger partial charge is 0.465 e. The predicted octanol–water partition coefficient (Wildman–Crippen LogP) is 17.7. The molecule has 2 spiro atoms. The predicted molar refractivity (Wildman–Crippen MR) is 350 cm³/mol. The molecule has 0 aromatic rings. The summed E-state index contributed by atoms with van der Waals surface area (Å²) >= 11 is 0. The fourth-order valence-electron chi connectivity index (χ4n) is 28.4. The third-order valence-electron chi connectivity index (χ3n) is 32.2. The maximum absolute atomic E-state index is 12.5. The summed E-state index contributed by atoms with van der Waals surface area (Å²) in [6.07, 6.45) is 32.4. The van der Waals surface area contributed by atoms with Crippen LogP contribution < -0.4 is 0 Å². The number of hydrogen-bond donors (Lipinski definition) is 0. The van der Waals surface area contributed by atoms with Gasteiger partial charge in [-0.2, -0.15) is 0 Å². The number of carbonyl (C=O) groups is 5. The average Bonchev–Trinajstić information content (AvgIpc) is 1.55. The topological polar surface area (TPSA) is 132 Å². The van der Waals surface area contributed by atoms with E-state index >= 15 is 0 Å². The highest BCUT2D eigenvalue weighted by atomic mass is 16.6. The Kier molecular flexibility index (Phi) is 18.4. The van der Waals surface area contributed by atoms with Gasteiger partial charge in [-0.1, -0.05) is 154 Å². The zero-order chi connectivity index (χ0) is 63.8. The summed E-state index contributed by atoms with van der Waals surface area (Å²) in [6, 6.07) is 0.